The van der Waals surface area contributed by atoms with Crippen LogP contribution in [0.1, 0.15) is 5.56 Å². The third-order valence-corrected chi connectivity index (χ3v) is 6.95. The fraction of sp³-hybridized carbons (Fsp3) is 0.143. The monoisotopic (exact) mass is 583 g/mol. The molecule has 0 radical (unpaired) electrons. The van der Waals surface area contributed by atoms with Crippen molar-refractivity contribution in [2.24, 2.45) is 0 Å². The van der Waals surface area contributed by atoms with Crippen LogP contribution < -0.4 is 15.4 Å². The molecule has 2 N–H and O–H groups in total. The molecule has 0 unspecified atom stereocenters. The summed E-state index contributed by atoms with van der Waals surface area (Å²) in [5.41, 5.74) is 6.39. The summed E-state index contributed by atoms with van der Waals surface area (Å²) in [6.07, 6.45) is 4.00. The molecule has 0 aliphatic carbocycles. The van der Waals surface area contributed by atoms with Crippen LogP contribution in [0.25, 0.3) is 28.3 Å². The van der Waals surface area contributed by atoms with Gasteiger partial charge in [-0.3, -0.25) is 9.20 Å². The van der Waals surface area contributed by atoms with Gasteiger partial charge >= 0.3 is 0 Å². The van der Waals surface area contributed by atoms with Crippen LogP contribution in [-0.4, -0.2) is 57.4 Å². The third kappa shape index (κ3) is 6.91. The molecule has 0 spiro atoms. The Morgan fingerprint density at radius 2 is 1.68 bits per heavy atom. The van der Waals surface area contributed by atoms with E-state index in [-0.39, 0.29) is 5.91 Å². The van der Waals surface area contributed by atoms with Gasteiger partial charge in [0.05, 0.1) is 23.5 Å². The Hall–Kier alpha value is -5.54. The number of pyridine rings is 1. The number of likely N-dealkylation sites (N-methyl/N-ethyl adjacent to an activating group) is 1. The summed E-state index contributed by atoms with van der Waals surface area (Å²) in [7, 11) is 4.03. The van der Waals surface area contributed by atoms with E-state index in [0.717, 1.165) is 46.1 Å². The van der Waals surface area contributed by atoms with E-state index < -0.39 is 0 Å². The highest BCUT2D eigenvalue weighted by molar-refractivity contribution is 5.93. The molecular formula is C35H33N7O2. The Kier molecular flexibility index (Phi) is 8.56. The highest BCUT2D eigenvalue weighted by Crippen LogP contribution is 2.33. The number of carbonyl (C=O) groups excluding carboxylic acids is 1. The summed E-state index contributed by atoms with van der Waals surface area (Å²) in [4.78, 5) is 29.2. The second-order valence-electron chi connectivity index (χ2n) is 10.6. The number of benzene rings is 3. The molecule has 0 bridgehead atoms. The molecule has 9 nitrogen and oxygen atoms in total. The molecule has 44 heavy (non-hydrogen) atoms. The zero-order chi connectivity index (χ0) is 30.3. The Balaban J connectivity index is 1.28. The molecule has 220 valence electrons. The van der Waals surface area contributed by atoms with E-state index in [1.54, 1.807) is 6.20 Å². The Morgan fingerprint density at radius 3 is 2.55 bits per heavy atom. The number of aromatic nitrogens is 4. The van der Waals surface area contributed by atoms with Crippen LogP contribution in [0.2, 0.25) is 0 Å². The van der Waals surface area contributed by atoms with Gasteiger partial charge in [-0.15, -0.1) is 0 Å². The summed E-state index contributed by atoms with van der Waals surface area (Å²) >= 11 is 0. The molecule has 1 amide bonds. The average Bonchev–Trinajstić information content (AvgIpc) is 3.42. The van der Waals surface area contributed by atoms with E-state index in [1.807, 2.05) is 128 Å². The second kappa shape index (κ2) is 13.2. The zero-order valence-electron chi connectivity index (χ0n) is 24.6. The molecular weight excluding hydrogens is 550 g/mol. The first-order valence-electron chi connectivity index (χ1n) is 14.4. The number of carbonyl (C=O) groups is 1. The van der Waals surface area contributed by atoms with Gasteiger partial charge in [0.15, 0.2) is 0 Å². The van der Waals surface area contributed by atoms with Gasteiger partial charge in [-0.05, 0) is 62.1 Å². The number of imidazole rings is 1. The fourth-order valence-corrected chi connectivity index (χ4v) is 4.86. The van der Waals surface area contributed by atoms with E-state index in [9.17, 15) is 4.79 Å². The Bertz CT molecular complexity index is 1890. The van der Waals surface area contributed by atoms with Gasteiger partial charge in [0.2, 0.25) is 11.9 Å². The minimum Gasteiger partial charge on any atom is -0.492 e. The number of anilines is 3. The standard InChI is InChI=1S/C35H33N7O2/c1-41(2)20-21-44-29-15-9-14-28(24-29)38-35-36-18-17-30(39-35)34-33(40-31-16-6-7-19-42(31)34)26-12-8-13-27(23-26)37-32(43)22-25-10-4-3-5-11-25/h3-19,23-24H,20-22H2,1-2H3,(H,37,43)(H,36,38,39). The highest BCUT2D eigenvalue weighted by Gasteiger charge is 2.18. The molecule has 3 aromatic carbocycles. The average molecular weight is 584 g/mol. The maximum atomic E-state index is 12.8. The van der Waals surface area contributed by atoms with Gasteiger partial charge in [0, 0.05) is 41.9 Å². The number of nitrogens with one attached hydrogen (secondary N) is 2. The fourth-order valence-electron chi connectivity index (χ4n) is 4.86. The predicted molar refractivity (Wildman–Crippen MR) is 174 cm³/mol. The summed E-state index contributed by atoms with van der Waals surface area (Å²) in [5.74, 6) is 1.14. The van der Waals surface area contributed by atoms with Crippen molar-refractivity contribution >= 4 is 28.9 Å². The van der Waals surface area contributed by atoms with Gasteiger partial charge in [-0.1, -0.05) is 54.6 Å². The van der Waals surface area contributed by atoms with Crippen molar-refractivity contribution in [3.8, 4) is 28.4 Å². The van der Waals surface area contributed by atoms with Crippen molar-refractivity contribution in [2.45, 2.75) is 6.42 Å². The van der Waals surface area contributed by atoms with Crippen molar-refractivity contribution in [3.05, 3.63) is 121 Å². The largest absolute Gasteiger partial charge is 0.492 e. The maximum Gasteiger partial charge on any atom is 0.228 e. The van der Waals surface area contributed by atoms with Crippen LogP contribution in [0.15, 0.2) is 116 Å². The lowest BCUT2D eigenvalue weighted by atomic mass is 10.1. The summed E-state index contributed by atoms with van der Waals surface area (Å²) < 4.78 is 7.91. The topological polar surface area (TPSA) is 96.7 Å². The van der Waals surface area contributed by atoms with Crippen LogP contribution in [0.3, 0.4) is 0 Å². The van der Waals surface area contributed by atoms with Crippen LogP contribution in [-0.2, 0) is 11.2 Å². The summed E-state index contributed by atoms with van der Waals surface area (Å²) in [6, 6.07) is 32.9. The first-order valence-corrected chi connectivity index (χ1v) is 14.4. The van der Waals surface area contributed by atoms with Crippen molar-refractivity contribution in [2.75, 3.05) is 37.9 Å². The van der Waals surface area contributed by atoms with Crippen LogP contribution in [0, 0.1) is 0 Å². The van der Waals surface area contributed by atoms with E-state index in [1.165, 1.54) is 0 Å². The SMILES string of the molecule is CN(C)CCOc1cccc(Nc2nccc(-c3c(-c4cccc(NC(=O)Cc5ccccc5)c4)nc4ccccn34)n2)c1. The Morgan fingerprint density at radius 1 is 0.864 bits per heavy atom. The molecule has 9 heteroatoms. The highest BCUT2D eigenvalue weighted by atomic mass is 16.5. The summed E-state index contributed by atoms with van der Waals surface area (Å²) in [6.45, 7) is 1.42. The molecule has 3 heterocycles. The van der Waals surface area contributed by atoms with Crippen LogP contribution >= 0.6 is 0 Å². The lowest BCUT2D eigenvalue weighted by molar-refractivity contribution is -0.115. The molecule has 0 fully saturated rings. The number of amides is 1. The predicted octanol–water partition coefficient (Wildman–Crippen LogP) is 6.32. The lowest BCUT2D eigenvalue weighted by Crippen LogP contribution is -2.19. The first-order chi connectivity index (χ1) is 21.5. The minimum absolute atomic E-state index is 0.0812. The molecule has 3 aromatic heterocycles. The lowest BCUT2D eigenvalue weighted by Gasteiger charge is -2.12. The molecule has 0 saturated carbocycles. The first kappa shape index (κ1) is 28.6. The molecule has 0 saturated heterocycles. The zero-order valence-corrected chi connectivity index (χ0v) is 24.6. The van der Waals surface area contributed by atoms with Gasteiger partial charge < -0.3 is 20.3 Å². The number of nitrogens with zero attached hydrogens (tertiary/aromatic N) is 5. The third-order valence-electron chi connectivity index (χ3n) is 6.95. The Labute approximate surface area is 256 Å². The van der Waals surface area contributed by atoms with Gasteiger partial charge in [0.1, 0.15) is 18.0 Å². The van der Waals surface area contributed by atoms with Gasteiger partial charge in [0.25, 0.3) is 0 Å². The second-order valence-corrected chi connectivity index (χ2v) is 10.6. The molecule has 6 rings (SSSR count). The summed E-state index contributed by atoms with van der Waals surface area (Å²) in [5, 5.41) is 6.34. The van der Waals surface area contributed by atoms with Crippen molar-refractivity contribution in [1.29, 1.82) is 0 Å². The molecule has 0 aliphatic rings. The maximum absolute atomic E-state index is 12.8. The van der Waals surface area contributed by atoms with Gasteiger partial charge in [-0.2, -0.15) is 0 Å². The van der Waals surface area contributed by atoms with Crippen LogP contribution in [0.4, 0.5) is 17.3 Å². The van der Waals surface area contributed by atoms with Gasteiger partial charge in [-0.25, -0.2) is 15.0 Å². The number of hydrogen-bond donors (Lipinski definition) is 2. The van der Waals surface area contributed by atoms with E-state index in [2.05, 4.69) is 20.5 Å². The van der Waals surface area contributed by atoms with E-state index >= 15 is 0 Å². The molecule has 6 aromatic rings. The molecule has 0 atom stereocenters. The number of fused-ring (bicyclic) bond motifs is 1. The minimum atomic E-state index is -0.0812. The molecule has 0 aliphatic heterocycles. The van der Waals surface area contributed by atoms with Crippen molar-refractivity contribution in [3.63, 3.8) is 0 Å². The van der Waals surface area contributed by atoms with Crippen molar-refractivity contribution < 1.29 is 9.53 Å². The number of rotatable bonds is 11. The quantitative estimate of drug-likeness (QED) is 0.184. The number of hydrogen-bond acceptors (Lipinski definition) is 7. The van der Waals surface area contributed by atoms with E-state index in [0.29, 0.717) is 30.4 Å². The number of ether oxygens (including phenoxy) is 1. The van der Waals surface area contributed by atoms with Crippen LogP contribution in [0.5, 0.6) is 5.75 Å². The van der Waals surface area contributed by atoms with Crippen molar-refractivity contribution in [1.82, 2.24) is 24.3 Å². The van der Waals surface area contributed by atoms with E-state index in [4.69, 9.17) is 14.7 Å². The normalized spacial score (nSPS) is 11.1. The smallest absolute Gasteiger partial charge is 0.228 e.